The third kappa shape index (κ3) is 5.51. The Balaban J connectivity index is 1.72. The van der Waals surface area contributed by atoms with Gasteiger partial charge in [0.1, 0.15) is 6.04 Å². The third-order valence-corrected chi connectivity index (χ3v) is 6.21. The minimum absolute atomic E-state index is 0.131. The van der Waals surface area contributed by atoms with Crippen molar-refractivity contribution in [2.75, 3.05) is 0 Å². The van der Waals surface area contributed by atoms with Gasteiger partial charge in [-0.3, -0.25) is 14.3 Å². The van der Waals surface area contributed by atoms with Crippen LogP contribution >= 0.6 is 0 Å². The van der Waals surface area contributed by atoms with Gasteiger partial charge in [0.05, 0.1) is 11.8 Å². The lowest BCUT2D eigenvalue weighted by Crippen LogP contribution is -2.45. The second-order valence-corrected chi connectivity index (χ2v) is 9.02. The second-order valence-electron chi connectivity index (χ2n) is 9.02. The van der Waals surface area contributed by atoms with Crippen molar-refractivity contribution < 1.29 is 9.59 Å². The molecular formula is C27H32N4O2. The normalized spacial score (nSPS) is 14.9. The maximum absolute atomic E-state index is 13.8. The number of benzene rings is 2. The highest BCUT2D eigenvalue weighted by Crippen LogP contribution is 2.27. The van der Waals surface area contributed by atoms with Crippen molar-refractivity contribution in [1.82, 2.24) is 20.0 Å². The number of rotatable bonds is 8. The first-order chi connectivity index (χ1) is 16.0. The van der Waals surface area contributed by atoms with Crippen LogP contribution in [0.5, 0.6) is 0 Å². The van der Waals surface area contributed by atoms with Crippen LogP contribution < -0.4 is 5.32 Å². The van der Waals surface area contributed by atoms with E-state index in [0.29, 0.717) is 12.1 Å². The van der Waals surface area contributed by atoms with E-state index in [1.807, 2.05) is 74.5 Å². The van der Waals surface area contributed by atoms with Gasteiger partial charge in [-0.1, -0.05) is 73.5 Å². The predicted molar refractivity (Wildman–Crippen MR) is 129 cm³/mol. The number of nitrogens with zero attached hydrogens (tertiary/aromatic N) is 3. The van der Waals surface area contributed by atoms with Crippen molar-refractivity contribution in [2.24, 2.45) is 0 Å². The number of carbonyl (C=O) groups is 2. The molecule has 1 aliphatic rings. The summed E-state index contributed by atoms with van der Waals surface area (Å²) in [6, 6.07) is 19.0. The summed E-state index contributed by atoms with van der Waals surface area (Å²) < 4.78 is 1.77. The molecule has 1 heterocycles. The molecular weight excluding hydrogens is 412 g/mol. The molecule has 172 valence electrons. The molecule has 1 aliphatic carbocycles. The van der Waals surface area contributed by atoms with Gasteiger partial charge in [-0.25, -0.2) is 0 Å². The van der Waals surface area contributed by atoms with Crippen molar-refractivity contribution >= 4 is 11.8 Å². The molecule has 1 atom stereocenters. The molecule has 6 nitrogen and oxygen atoms in total. The summed E-state index contributed by atoms with van der Waals surface area (Å²) in [5.41, 5.74) is 2.25. The van der Waals surface area contributed by atoms with E-state index >= 15 is 0 Å². The van der Waals surface area contributed by atoms with Gasteiger partial charge in [-0.05, 0) is 37.8 Å². The van der Waals surface area contributed by atoms with Gasteiger partial charge in [-0.2, -0.15) is 5.10 Å². The summed E-state index contributed by atoms with van der Waals surface area (Å²) >= 11 is 0. The van der Waals surface area contributed by atoms with Crippen molar-refractivity contribution in [3.63, 3.8) is 0 Å². The van der Waals surface area contributed by atoms with Crippen LogP contribution in [0.2, 0.25) is 0 Å². The fourth-order valence-electron chi connectivity index (χ4n) is 4.42. The summed E-state index contributed by atoms with van der Waals surface area (Å²) in [7, 11) is 0. The van der Waals surface area contributed by atoms with Crippen molar-refractivity contribution in [1.29, 1.82) is 0 Å². The highest BCUT2D eigenvalue weighted by molar-refractivity contribution is 5.97. The van der Waals surface area contributed by atoms with Crippen LogP contribution in [0.25, 0.3) is 0 Å². The molecule has 1 unspecified atom stereocenters. The molecule has 1 saturated carbocycles. The first-order valence-electron chi connectivity index (χ1n) is 11.8. The summed E-state index contributed by atoms with van der Waals surface area (Å²) in [5, 5.41) is 7.57. The molecule has 4 rings (SSSR count). The summed E-state index contributed by atoms with van der Waals surface area (Å²) in [5.74, 6) is -0.338. The van der Waals surface area contributed by atoms with E-state index in [0.717, 1.165) is 36.8 Å². The van der Waals surface area contributed by atoms with E-state index in [1.54, 1.807) is 22.0 Å². The lowest BCUT2D eigenvalue weighted by atomic mass is 10.0. The molecule has 0 aliphatic heterocycles. The molecule has 0 radical (unpaired) electrons. The van der Waals surface area contributed by atoms with Crippen LogP contribution in [-0.2, 0) is 11.3 Å². The Bertz CT molecular complexity index is 1060. The van der Waals surface area contributed by atoms with Gasteiger partial charge in [0.25, 0.3) is 5.91 Å². The minimum atomic E-state index is -0.734. The molecule has 6 heteroatoms. The Morgan fingerprint density at radius 2 is 1.67 bits per heavy atom. The van der Waals surface area contributed by atoms with Crippen LogP contribution in [0.15, 0.2) is 73.1 Å². The van der Waals surface area contributed by atoms with E-state index < -0.39 is 6.04 Å². The first kappa shape index (κ1) is 22.8. The lowest BCUT2D eigenvalue weighted by Gasteiger charge is -2.32. The molecule has 0 spiro atoms. The summed E-state index contributed by atoms with van der Waals surface area (Å²) in [4.78, 5) is 29.2. The standard InChI is InChI=1S/C27H32N4O2/c1-20(2)31-19-23(17-28-31)27(33)30(18-21-11-5-3-6-12-21)25(22-13-7-4-8-14-22)26(32)29-24-15-9-10-16-24/h3-8,11-14,17,19-20,24-25H,9-10,15-16,18H2,1-2H3,(H,29,32). The third-order valence-electron chi connectivity index (χ3n) is 6.21. The summed E-state index contributed by atoms with van der Waals surface area (Å²) in [6.07, 6.45) is 7.59. The van der Waals surface area contributed by atoms with Crippen LogP contribution in [0.4, 0.5) is 0 Å². The predicted octanol–water partition coefficient (Wildman–Crippen LogP) is 4.91. The molecule has 1 N–H and O–H groups in total. The van der Waals surface area contributed by atoms with Gasteiger partial charge in [0.2, 0.25) is 5.91 Å². The van der Waals surface area contributed by atoms with Gasteiger partial charge in [0.15, 0.2) is 0 Å². The number of amides is 2. The molecule has 2 amide bonds. The maximum atomic E-state index is 13.8. The zero-order valence-electron chi connectivity index (χ0n) is 19.4. The van der Waals surface area contributed by atoms with Gasteiger partial charge >= 0.3 is 0 Å². The number of hydrogen-bond acceptors (Lipinski definition) is 3. The monoisotopic (exact) mass is 444 g/mol. The van der Waals surface area contributed by atoms with Crippen LogP contribution in [0.3, 0.4) is 0 Å². The topological polar surface area (TPSA) is 67.2 Å². The zero-order valence-corrected chi connectivity index (χ0v) is 19.4. The summed E-state index contributed by atoms with van der Waals surface area (Å²) in [6.45, 7) is 4.36. The molecule has 0 bridgehead atoms. The number of hydrogen-bond donors (Lipinski definition) is 1. The Hall–Kier alpha value is -3.41. The Morgan fingerprint density at radius 3 is 2.27 bits per heavy atom. The van der Waals surface area contributed by atoms with Crippen molar-refractivity contribution in [3.05, 3.63) is 89.7 Å². The second kappa shape index (κ2) is 10.5. The van der Waals surface area contributed by atoms with Crippen molar-refractivity contribution in [3.8, 4) is 0 Å². The fourth-order valence-corrected chi connectivity index (χ4v) is 4.42. The van der Waals surface area contributed by atoms with E-state index in [-0.39, 0.29) is 23.9 Å². The molecule has 1 aromatic heterocycles. The molecule has 1 fully saturated rings. The average Bonchev–Trinajstić information content (AvgIpc) is 3.52. The van der Waals surface area contributed by atoms with E-state index in [9.17, 15) is 9.59 Å². The highest BCUT2D eigenvalue weighted by Gasteiger charge is 2.34. The smallest absolute Gasteiger partial charge is 0.258 e. The van der Waals surface area contributed by atoms with E-state index in [4.69, 9.17) is 0 Å². The molecule has 33 heavy (non-hydrogen) atoms. The first-order valence-corrected chi connectivity index (χ1v) is 11.8. The van der Waals surface area contributed by atoms with Crippen LogP contribution in [0, 0.1) is 0 Å². The largest absolute Gasteiger partial charge is 0.351 e. The Morgan fingerprint density at radius 1 is 1.03 bits per heavy atom. The molecule has 3 aromatic rings. The highest BCUT2D eigenvalue weighted by atomic mass is 16.2. The van der Waals surface area contributed by atoms with Gasteiger partial charge in [0, 0.05) is 24.8 Å². The van der Waals surface area contributed by atoms with Crippen LogP contribution in [0.1, 0.15) is 73.1 Å². The number of carbonyl (C=O) groups excluding carboxylic acids is 2. The maximum Gasteiger partial charge on any atom is 0.258 e. The van der Waals surface area contributed by atoms with Crippen LogP contribution in [-0.4, -0.2) is 32.5 Å². The SMILES string of the molecule is CC(C)n1cc(C(=O)N(Cc2ccccc2)C(C(=O)NC2CCCC2)c2ccccc2)cn1. The molecule has 0 saturated heterocycles. The Kier molecular flexibility index (Phi) is 7.23. The molecule has 2 aromatic carbocycles. The Labute approximate surface area is 195 Å². The van der Waals surface area contributed by atoms with E-state index in [2.05, 4.69) is 10.4 Å². The van der Waals surface area contributed by atoms with Gasteiger partial charge < -0.3 is 10.2 Å². The van der Waals surface area contributed by atoms with Crippen molar-refractivity contribution in [2.45, 2.75) is 64.2 Å². The minimum Gasteiger partial charge on any atom is -0.351 e. The zero-order chi connectivity index (χ0) is 23.2. The quantitative estimate of drug-likeness (QED) is 0.537. The number of aromatic nitrogens is 2. The lowest BCUT2D eigenvalue weighted by molar-refractivity contribution is -0.126. The number of nitrogens with one attached hydrogen (secondary N) is 1. The van der Waals surface area contributed by atoms with Gasteiger partial charge in [-0.15, -0.1) is 0 Å². The average molecular weight is 445 g/mol. The van der Waals surface area contributed by atoms with E-state index in [1.165, 1.54) is 0 Å². The fraction of sp³-hybridized carbons (Fsp3) is 0.370.